The van der Waals surface area contributed by atoms with Gasteiger partial charge in [0.25, 0.3) is 0 Å². The van der Waals surface area contributed by atoms with Crippen molar-refractivity contribution in [2.75, 3.05) is 36.5 Å². The van der Waals surface area contributed by atoms with Crippen LogP contribution in [0.15, 0.2) is 11.4 Å². The number of hydrogen-bond donors (Lipinski definition) is 1. The van der Waals surface area contributed by atoms with Crippen LogP contribution in [0.25, 0.3) is 0 Å². The summed E-state index contributed by atoms with van der Waals surface area (Å²) >= 11 is 1.83. The highest BCUT2D eigenvalue weighted by Gasteiger charge is 2.27. The number of morpholine rings is 1. The summed E-state index contributed by atoms with van der Waals surface area (Å²) in [5.41, 5.74) is 1.31. The summed E-state index contributed by atoms with van der Waals surface area (Å²) < 4.78 is 5.52. The second-order valence-corrected chi connectivity index (χ2v) is 4.67. The van der Waals surface area contributed by atoms with Crippen molar-refractivity contribution in [3.63, 3.8) is 0 Å². The number of hydrogen-bond acceptors (Lipinski definition) is 4. The Hall–Kier alpha value is -0.740. The molecule has 0 radical (unpaired) electrons. The third-order valence-electron chi connectivity index (χ3n) is 2.93. The van der Waals surface area contributed by atoms with Crippen LogP contribution >= 0.6 is 11.3 Å². The van der Waals surface area contributed by atoms with Crippen molar-refractivity contribution in [2.45, 2.75) is 12.5 Å². The molecule has 0 aliphatic carbocycles. The minimum absolute atomic E-state index is 0.580. The van der Waals surface area contributed by atoms with Gasteiger partial charge in [-0.15, -0.1) is 11.3 Å². The first kappa shape index (κ1) is 8.56. The van der Waals surface area contributed by atoms with Gasteiger partial charge in [-0.2, -0.15) is 0 Å². The van der Waals surface area contributed by atoms with Gasteiger partial charge in [-0.25, -0.2) is 0 Å². The van der Waals surface area contributed by atoms with Crippen molar-refractivity contribution in [3.8, 4) is 0 Å². The Morgan fingerprint density at radius 3 is 3.57 bits per heavy atom. The van der Waals surface area contributed by atoms with Gasteiger partial charge in [0.15, 0.2) is 0 Å². The van der Waals surface area contributed by atoms with E-state index in [1.165, 1.54) is 17.1 Å². The van der Waals surface area contributed by atoms with Crippen LogP contribution in [-0.4, -0.2) is 32.3 Å². The molecule has 0 spiro atoms. The summed E-state index contributed by atoms with van der Waals surface area (Å²) in [5, 5.41) is 7.04. The van der Waals surface area contributed by atoms with Gasteiger partial charge in [0.1, 0.15) is 5.00 Å². The van der Waals surface area contributed by atoms with E-state index < -0.39 is 0 Å². The Morgan fingerprint density at radius 1 is 1.57 bits per heavy atom. The van der Waals surface area contributed by atoms with Crippen LogP contribution in [0.1, 0.15) is 6.42 Å². The van der Waals surface area contributed by atoms with E-state index in [0.29, 0.717) is 6.04 Å². The molecule has 4 heteroatoms. The lowest BCUT2D eigenvalue weighted by Crippen LogP contribution is -2.45. The predicted molar refractivity (Wildman–Crippen MR) is 59.4 cm³/mol. The normalized spacial score (nSPS) is 26.0. The maximum Gasteiger partial charge on any atom is 0.115 e. The summed E-state index contributed by atoms with van der Waals surface area (Å²) in [7, 11) is 0. The topological polar surface area (TPSA) is 24.5 Å². The van der Waals surface area contributed by atoms with E-state index in [1.807, 2.05) is 11.3 Å². The largest absolute Gasteiger partial charge is 0.383 e. The quantitative estimate of drug-likeness (QED) is 0.706. The van der Waals surface area contributed by atoms with E-state index in [9.17, 15) is 0 Å². The summed E-state index contributed by atoms with van der Waals surface area (Å²) in [6, 6.07) is 2.76. The lowest BCUT2D eigenvalue weighted by molar-refractivity contribution is 0.0935. The van der Waals surface area contributed by atoms with Crippen molar-refractivity contribution < 1.29 is 4.74 Å². The predicted octanol–water partition coefficient (Wildman–Crippen LogP) is 1.77. The third-order valence-corrected chi connectivity index (χ3v) is 3.88. The molecule has 2 aliphatic rings. The molecule has 3 nitrogen and oxygen atoms in total. The van der Waals surface area contributed by atoms with Gasteiger partial charge in [0.2, 0.25) is 0 Å². The zero-order valence-corrected chi connectivity index (χ0v) is 8.85. The number of anilines is 2. The average molecular weight is 210 g/mol. The summed E-state index contributed by atoms with van der Waals surface area (Å²) in [6.45, 7) is 3.86. The van der Waals surface area contributed by atoms with Gasteiger partial charge in [0.05, 0.1) is 24.9 Å². The van der Waals surface area contributed by atoms with Crippen LogP contribution in [0.2, 0.25) is 0 Å². The van der Waals surface area contributed by atoms with Crippen molar-refractivity contribution in [2.24, 2.45) is 0 Å². The standard InChI is InChI=1S/C10H14N2OS/c1-3-11-9-2-6-14-10(9)12-4-5-13-7-8(1)12/h2,6,8,11H,1,3-5,7H2. The van der Waals surface area contributed by atoms with Crippen LogP contribution in [-0.2, 0) is 4.74 Å². The lowest BCUT2D eigenvalue weighted by atomic mass is 10.2. The minimum Gasteiger partial charge on any atom is -0.383 e. The van der Waals surface area contributed by atoms with Gasteiger partial charge < -0.3 is 15.0 Å². The first-order valence-electron chi connectivity index (χ1n) is 5.11. The second-order valence-electron chi connectivity index (χ2n) is 3.78. The first-order chi connectivity index (χ1) is 6.95. The highest BCUT2D eigenvalue weighted by molar-refractivity contribution is 7.14. The number of thiophene rings is 1. The van der Waals surface area contributed by atoms with Crippen LogP contribution in [0, 0.1) is 0 Å². The van der Waals surface area contributed by atoms with Crippen LogP contribution in [0.5, 0.6) is 0 Å². The van der Waals surface area contributed by atoms with Crippen molar-refractivity contribution in [3.05, 3.63) is 11.4 Å². The van der Waals surface area contributed by atoms with Crippen molar-refractivity contribution in [1.82, 2.24) is 0 Å². The number of nitrogens with zero attached hydrogens (tertiary/aromatic N) is 1. The van der Waals surface area contributed by atoms with Crippen LogP contribution < -0.4 is 10.2 Å². The lowest BCUT2D eigenvalue weighted by Gasteiger charge is -2.35. The molecule has 0 saturated carbocycles. The Kier molecular flexibility index (Phi) is 2.10. The van der Waals surface area contributed by atoms with Gasteiger partial charge in [-0.1, -0.05) is 0 Å². The van der Waals surface area contributed by atoms with Crippen molar-refractivity contribution >= 4 is 22.0 Å². The first-order valence-corrected chi connectivity index (χ1v) is 5.99. The van der Waals surface area contributed by atoms with Crippen molar-refractivity contribution in [1.29, 1.82) is 0 Å². The molecule has 1 aromatic heterocycles. The molecule has 1 fully saturated rings. The molecule has 1 saturated heterocycles. The van der Waals surface area contributed by atoms with E-state index in [0.717, 1.165) is 26.3 Å². The smallest absolute Gasteiger partial charge is 0.115 e. The molecule has 0 bridgehead atoms. The monoisotopic (exact) mass is 210 g/mol. The highest BCUT2D eigenvalue weighted by atomic mass is 32.1. The fourth-order valence-corrected chi connectivity index (χ4v) is 3.17. The molecule has 1 aromatic rings. The van der Waals surface area contributed by atoms with E-state index >= 15 is 0 Å². The molecule has 2 aliphatic heterocycles. The van der Waals surface area contributed by atoms with Gasteiger partial charge in [0, 0.05) is 13.1 Å². The Labute approximate surface area is 87.7 Å². The maximum atomic E-state index is 5.52. The van der Waals surface area contributed by atoms with Gasteiger partial charge in [-0.05, 0) is 17.9 Å². The number of nitrogens with one attached hydrogen (secondary N) is 1. The summed E-state index contributed by atoms with van der Waals surface area (Å²) in [4.78, 5) is 2.50. The van der Waals surface area contributed by atoms with E-state index in [-0.39, 0.29) is 0 Å². The Morgan fingerprint density at radius 2 is 2.57 bits per heavy atom. The third kappa shape index (κ3) is 1.29. The summed E-state index contributed by atoms with van der Waals surface area (Å²) in [6.07, 6.45) is 1.18. The molecule has 1 unspecified atom stereocenters. The summed E-state index contributed by atoms with van der Waals surface area (Å²) in [5.74, 6) is 0. The molecule has 3 heterocycles. The van der Waals surface area contributed by atoms with E-state index in [2.05, 4.69) is 21.7 Å². The average Bonchev–Trinajstić information content (AvgIpc) is 2.61. The zero-order valence-electron chi connectivity index (χ0n) is 8.03. The minimum atomic E-state index is 0.580. The number of fused-ring (bicyclic) bond motifs is 3. The van der Waals surface area contributed by atoms with Gasteiger partial charge in [-0.3, -0.25) is 0 Å². The molecule has 1 N–H and O–H groups in total. The Bertz CT molecular complexity index is 326. The fraction of sp³-hybridized carbons (Fsp3) is 0.600. The molecule has 1 atom stereocenters. The zero-order chi connectivity index (χ0) is 9.38. The molecule has 14 heavy (non-hydrogen) atoms. The van der Waals surface area contributed by atoms with Crippen LogP contribution in [0.4, 0.5) is 10.7 Å². The molecular formula is C10H14N2OS. The van der Waals surface area contributed by atoms with E-state index in [1.54, 1.807) is 0 Å². The number of ether oxygens (including phenoxy) is 1. The molecule has 3 rings (SSSR count). The second kappa shape index (κ2) is 3.44. The van der Waals surface area contributed by atoms with Gasteiger partial charge >= 0.3 is 0 Å². The maximum absolute atomic E-state index is 5.52. The van der Waals surface area contributed by atoms with Crippen LogP contribution in [0.3, 0.4) is 0 Å². The van der Waals surface area contributed by atoms with E-state index in [4.69, 9.17) is 4.74 Å². The Balaban J connectivity index is 1.96. The SMILES string of the molecule is c1cc2c(s1)N1CCOCC1CCN2. The fourth-order valence-electron chi connectivity index (χ4n) is 2.19. The molecule has 0 aromatic carbocycles. The molecule has 76 valence electrons. The molecular weight excluding hydrogens is 196 g/mol. The number of rotatable bonds is 0. The highest BCUT2D eigenvalue weighted by Crippen LogP contribution is 2.36. The molecule has 0 amide bonds.